The van der Waals surface area contributed by atoms with Gasteiger partial charge in [-0.3, -0.25) is 9.78 Å². The molecule has 0 saturated carbocycles. The van der Waals surface area contributed by atoms with Gasteiger partial charge in [-0.2, -0.15) is 0 Å². The van der Waals surface area contributed by atoms with Gasteiger partial charge >= 0.3 is 0 Å². The molecule has 1 saturated heterocycles. The highest BCUT2D eigenvalue weighted by atomic mass is 16.1. The molecular weight excluding hydrogens is 322 g/mol. The van der Waals surface area contributed by atoms with Crippen molar-refractivity contribution in [2.45, 2.75) is 5.92 Å². The molecule has 2 heterocycles. The Morgan fingerprint density at radius 2 is 1.73 bits per heavy atom. The molecule has 1 fully saturated rings. The van der Waals surface area contributed by atoms with Crippen LogP contribution in [0, 0.1) is 5.92 Å². The summed E-state index contributed by atoms with van der Waals surface area (Å²) in [6.45, 7) is 1.54. The van der Waals surface area contributed by atoms with Crippen LogP contribution in [0.5, 0.6) is 0 Å². The van der Waals surface area contributed by atoms with Crippen LogP contribution < -0.4 is 10.6 Å². The van der Waals surface area contributed by atoms with Crippen LogP contribution in [-0.2, 0) is 4.79 Å². The molecule has 2 atom stereocenters. The number of benzene rings is 2. The summed E-state index contributed by atoms with van der Waals surface area (Å²) in [7, 11) is 0. The third-order valence-electron chi connectivity index (χ3n) is 4.93. The first-order valence-corrected chi connectivity index (χ1v) is 8.88. The van der Waals surface area contributed by atoms with Crippen LogP contribution in [-0.4, -0.2) is 24.0 Å². The molecule has 4 nitrogen and oxygen atoms in total. The molecule has 2 aromatic carbocycles. The minimum absolute atomic E-state index is 0.0598. The molecular formula is C22H21N3O. The van der Waals surface area contributed by atoms with Gasteiger partial charge in [-0.05, 0) is 34.9 Å². The molecule has 1 amide bonds. The molecule has 3 aromatic rings. The fraction of sp³-hybridized carbons (Fsp3) is 0.182. The third kappa shape index (κ3) is 3.51. The first-order chi connectivity index (χ1) is 12.8. The van der Waals surface area contributed by atoms with E-state index in [1.54, 1.807) is 6.20 Å². The van der Waals surface area contributed by atoms with Gasteiger partial charge in [-0.1, -0.05) is 48.5 Å². The Kier molecular flexibility index (Phi) is 4.75. The second-order valence-corrected chi connectivity index (χ2v) is 6.59. The number of anilines is 1. The molecule has 1 aromatic heterocycles. The molecule has 1 unspecified atom stereocenters. The number of nitrogens with one attached hydrogen (secondary N) is 2. The molecule has 26 heavy (non-hydrogen) atoms. The fourth-order valence-corrected chi connectivity index (χ4v) is 3.52. The summed E-state index contributed by atoms with van der Waals surface area (Å²) < 4.78 is 0. The van der Waals surface area contributed by atoms with Crippen LogP contribution in [0.4, 0.5) is 5.69 Å². The average Bonchev–Trinajstić information content (AvgIpc) is 3.20. The summed E-state index contributed by atoms with van der Waals surface area (Å²) in [5.41, 5.74) is 4.18. The topological polar surface area (TPSA) is 54.0 Å². The molecule has 4 heteroatoms. The van der Waals surface area contributed by atoms with Gasteiger partial charge in [0, 0.05) is 37.1 Å². The number of amides is 1. The van der Waals surface area contributed by atoms with E-state index in [1.807, 2.05) is 60.8 Å². The predicted molar refractivity (Wildman–Crippen MR) is 104 cm³/mol. The molecule has 0 aliphatic carbocycles. The Bertz CT molecular complexity index is 863. The van der Waals surface area contributed by atoms with E-state index >= 15 is 0 Å². The second kappa shape index (κ2) is 7.50. The fourth-order valence-electron chi connectivity index (χ4n) is 3.52. The Morgan fingerprint density at radius 3 is 2.46 bits per heavy atom. The van der Waals surface area contributed by atoms with Crippen molar-refractivity contribution in [2.24, 2.45) is 5.92 Å². The lowest BCUT2D eigenvalue weighted by molar-refractivity contribution is -0.119. The van der Waals surface area contributed by atoms with Gasteiger partial charge in [-0.15, -0.1) is 0 Å². The van der Waals surface area contributed by atoms with Crippen molar-refractivity contribution in [1.29, 1.82) is 0 Å². The van der Waals surface area contributed by atoms with Gasteiger partial charge < -0.3 is 10.6 Å². The summed E-state index contributed by atoms with van der Waals surface area (Å²) in [6.07, 6.45) is 3.60. The van der Waals surface area contributed by atoms with Gasteiger partial charge in [0.15, 0.2) is 0 Å². The quantitative estimate of drug-likeness (QED) is 0.760. The highest BCUT2D eigenvalue weighted by molar-refractivity contribution is 5.93. The summed E-state index contributed by atoms with van der Waals surface area (Å²) in [4.78, 5) is 16.9. The SMILES string of the molecule is O=C(Nc1ccc(-c2cccnc2)cc1)[C@H]1CNCC1c1ccccc1. The van der Waals surface area contributed by atoms with Crippen LogP contribution in [0.2, 0.25) is 0 Å². The zero-order chi connectivity index (χ0) is 17.8. The minimum Gasteiger partial charge on any atom is -0.326 e. The molecule has 130 valence electrons. The van der Waals surface area contributed by atoms with Crippen LogP contribution in [0.15, 0.2) is 79.1 Å². The van der Waals surface area contributed by atoms with Crippen LogP contribution in [0.3, 0.4) is 0 Å². The molecule has 1 aliphatic heterocycles. The largest absolute Gasteiger partial charge is 0.326 e. The minimum atomic E-state index is -0.0598. The van der Waals surface area contributed by atoms with Crippen molar-refractivity contribution in [1.82, 2.24) is 10.3 Å². The van der Waals surface area contributed by atoms with Crippen molar-refractivity contribution in [3.05, 3.63) is 84.7 Å². The second-order valence-electron chi connectivity index (χ2n) is 6.59. The Morgan fingerprint density at radius 1 is 0.923 bits per heavy atom. The molecule has 0 radical (unpaired) electrons. The lowest BCUT2D eigenvalue weighted by Gasteiger charge is -2.18. The van der Waals surface area contributed by atoms with Crippen molar-refractivity contribution in [2.75, 3.05) is 18.4 Å². The van der Waals surface area contributed by atoms with Crippen molar-refractivity contribution >= 4 is 11.6 Å². The van der Waals surface area contributed by atoms with Crippen LogP contribution >= 0.6 is 0 Å². The summed E-state index contributed by atoms with van der Waals surface area (Å²) in [5.74, 6) is 0.222. The first kappa shape index (κ1) is 16.5. The van der Waals surface area contributed by atoms with Crippen LogP contribution in [0.1, 0.15) is 11.5 Å². The number of hydrogen-bond donors (Lipinski definition) is 2. The average molecular weight is 343 g/mol. The maximum Gasteiger partial charge on any atom is 0.229 e. The Balaban J connectivity index is 1.46. The van der Waals surface area contributed by atoms with E-state index in [0.717, 1.165) is 23.4 Å². The maximum absolute atomic E-state index is 12.8. The smallest absolute Gasteiger partial charge is 0.229 e. The van der Waals surface area contributed by atoms with Gasteiger partial charge in [0.25, 0.3) is 0 Å². The van der Waals surface area contributed by atoms with Gasteiger partial charge in [0.2, 0.25) is 5.91 Å². The standard InChI is InChI=1S/C22H21N3O/c26-22(21-15-24-14-20(21)17-5-2-1-3-6-17)25-19-10-8-16(9-11-19)18-7-4-12-23-13-18/h1-13,20-21,24H,14-15H2,(H,25,26)/t20?,21-/m0/s1. The summed E-state index contributed by atoms with van der Waals surface area (Å²) in [5, 5.41) is 6.42. The molecule has 1 aliphatic rings. The van der Waals surface area contributed by atoms with E-state index < -0.39 is 0 Å². The van der Waals surface area contributed by atoms with Gasteiger partial charge in [0.1, 0.15) is 0 Å². The highest BCUT2D eigenvalue weighted by Crippen LogP contribution is 2.29. The van der Waals surface area contributed by atoms with Crippen molar-refractivity contribution in [3.8, 4) is 11.1 Å². The van der Waals surface area contributed by atoms with E-state index in [0.29, 0.717) is 6.54 Å². The Hall–Kier alpha value is -2.98. The van der Waals surface area contributed by atoms with Gasteiger partial charge in [0.05, 0.1) is 5.92 Å². The molecule has 2 N–H and O–H groups in total. The number of carbonyl (C=O) groups excluding carboxylic acids is 1. The van der Waals surface area contributed by atoms with E-state index in [2.05, 4.69) is 27.8 Å². The number of nitrogens with zero attached hydrogens (tertiary/aromatic N) is 1. The van der Waals surface area contributed by atoms with E-state index in [4.69, 9.17) is 0 Å². The molecule has 4 rings (SSSR count). The lowest BCUT2D eigenvalue weighted by atomic mass is 9.88. The first-order valence-electron chi connectivity index (χ1n) is 8.88. The maximum atomic E-state index is 12.8. The zero-order valence-electron chi connectivity index (χ0n) is 14.4. The zero-order valence-corrected chi connectivity index (χ0v) is 14.4. The van der Waals surface area contributed by atoms with E-state index in [-0.39, 0.29) is 17.7 Å². The monoisotopic (exact) mass is 343 g/mol. The summed E-state index contributed by atoms with van der Waals surface area (Å²) in [6, 6.07) is 22.1. The van der Waals surface area contributed by atoms with E-state index in [1.165, 1.54) is 5.56 Å². The molecule has 0 bridgehead atoms. The number of aromatic nitrogens is 1. The van der Waals surface area contributed by atoms with Crippen molar-refractivity contribution < 1.29 is 4.79 Å². The summed E-state index contributed by atoms with van der Waals surface area (Å²) >= 11 is 0. The highest BCUT2D eigenvalue weighted by Gasteiger charge is 2.33. The number of hydrogen-bond acceptors (Lipinski definition) is 3. The van der Waals surface area contributed by atoms with E-state index in [9.17, 15) is 4.79 Å². The van der Waals surface area contributed by atoms with Crippen LogP contribution in [0.25, 0.3) is 11.1 Å². The number of carbonyl (C=O) groups is 1. The predicted octanol–water partition coefficient (Wildman–Crippen LogP) is 3.69. The van der Waals surface area contributed by atoms with Crippen molar-refractivity contribution in [3.63, 3.8) is 0 Å². The Labute approximate surface area is 153 Å². The van der Waals surface area contributed by atoms with Gasteiger partial charge in [-0.25, -0.2) is 0 Å². The normalized spacial score (nSPS) is 19.2. The molecule has 0 spiro atoms. The number of rotatable bonds is 4. The number of pyridine rings is 1. The third-order valence-corrected chi connectivity index (χ3v) is 4.93. The lowest BCUT2D eigenvalue weighted by Crippen LogP contribution is -2.28.